The zero-order valence-corrected chi connectivity index (χ0v) is 10.7. The molecule has 0 aliphatic rings. The predicted molar refractivity (Wildman–Crippen MR) is 73.1 cm³/mol. The van der Waals surface area contributed by atoms with Crippen molar-refractivity contribution in [1.82, 2.24) is 5.32 Å². The van der Waals surface area contributed by atoms with E-state index in [1.165, 1.54) is 6.07 Å². The Bertz CT molecular complexity index is 588. The average molecular weight is 276 g/mol. The number of carbonyl (C=O) groups is 1. The summed E-state index contributed by atoms with van der Waals surface area (Å²) in [7, 11) is 0. The third-order valence-electron chi connectivity index (χ3n) is 2.70. The first-order valence-corrected chi connectivity index (χ1v) is 6.15. The van der Waals surface area contributed by atoms with Crippen molar-refractivity contribution in [1.29, 1.82) is 0 Å². The van der Waals surface area contributed by atoms with Gasteiger partial charge >= 0.3 is 0 Å². The topological polar surface area (TPSA) is 41.1 Å². The Labute approximate surface area is 115 Å². The molecule has 0 atom stereocenters. The van der Waals surface area contributed by atoms with Crippen LogP contribution in [0.15, 0.2) is 48.5 Å². The van der Waals surface area contributed by atoms with Crippen molar-refractivity contribution in [2.24, 2.45) is 0 Å². The Morgan fingerprint density at radius 2 is 1.75 bits per heavy atom. The maximum absolute atomic E-state index is 13.0. The first-order chi connectivity index (χ1) is 9.65. The number of rotatable bonds is 5. The molecular weight excluding hydrogens is 262 g/mol. The Kier molecular flexibility index (Phi) is 4.65. The van der Waals surface area contributed by atoms with Gasteiger partial charge in [0.2, 0.25) is 5.91 Å². The van der Waals surface area contributed by atoms with Crippen LogP contribution in [-0.4, -0.2) is 12.5 Å². The molecule has 2 aromatic carbocycles. The molecule has 2 aromatic rings. The van der Waals surface area contributed by atoms with Gasteiger partial charge in [0.25, 0.3) is 0 Å². The van der Waals surface area contributed by atoms with E-state index in [4.69, 9.17) is 0 Å². The molecule has 3 nitrogen and oxygen atoms in total. The molecule has 0 aromatic heterocycles. The van der Waals surface area contributed by atoms with E-state index in [2.05, 4.69) is 10.6 Å². The molecule has 104 valence electrons. The van der Waals surface area contributed by atoms with Gasteiger partial charge in [0.05, 0.1) is 6.54 Å². The van der Waals surface area contributed by atoms with Crippen LogP contribution in [0.1, 0.15) is 5.56 Å². The third kappa shape index (κ3) is 4.05. The minimum atomic E-state index is -0.917. The lowest BCUT2D eigenvalue weighted by Crippen LogP contribution is -2.29. The Hall–Kier alpha value is -2.43. The molecule has 0 saturated heterocycles. The summed E-state index contributed by atoms with van der Waals surface area (Å²) >= 11 is 0. The molecule has 0 aliphatic heterocycles. The number of hydrogen-bond donors (Lipinski definition) is 2. The summed E-state index contributed by atoms with van der Waals surface area (Å²) in [4.78, 5) is 11.6. The molecule has 2 N–H and O–H groups in total. The largest absolute Gasteiger partial charge is 0.376 e. The van der Waals surface area contributed by atoms with Crippen molar-refractivity contribution in [3.63, 3.8) is 0 Å². The van der Waals surface area contributed by atoms with Gasteiger partial charge in [-0.15, -0.1) is 0 Å². The number of benzene rings is 2. The van der Waals surface area contributed by atoms with Crippen LogP contribution in [0.2, 0.25) is 0 Å². The number of anilines is 1. The summed E-state index contributed by atoms with van der Waals surface area (Å²) in [6.45, 7) is 0.278. The van der Waals surface area contributed by atoms with E-state index in [0.29, 0.717) is 5.56 Å². The van der Waals surface area contributed by atoms with E-state index in [-0.39, 0.29) is 19.0 Å². The van der Waals surface area contributed by atoms with Crippen LogP contribution >= 0.6 is 0 Å². The second-order valence-corrected chi connectivity index (χ2v) is 4.24. The SMILES string of the molecule is O=C(CNc1ccccc1)NCc1ccc(F)c(F)c1. The molecule has 20 heavy (non-hydrogen) atoms. The van der Waals surface area contributed by atoms with E-state index in [1.54, 1.807) is 0 Å². The van der Waals surface area contributed by atoms with E-state index >= 15 is 0 Å². The summed E-state index contributed by atoms with van der Waals surface area (Å²) in [5, 5.41) is 5.58. The highest BCUT2D eigenvalue weighted by atomic mass is 19.2. The van der Waals surface area contributed by atoms with Crippen LogP contribution in [0.4, 0.5) is 14.5 Å². The summed E-state index contributed by atoms with van der Waals surface area (Å²) in [6, 6.07) is 12.9. The first-order valence-electron chi connectivity index (χ1n) is 6.15. The lowest BCUT2D eigenvalue weighted by Gasteiger charge is -2.08. The number of para-hydroxylation sites is 1. The number of nitrogens with one attached hydrogen (secondary N) is 2. The summed E-state index contributed by atoms with van der Waals surface area (Å²) in [6.07, 6.45) is 0. The molecule has 5 heteroatoms. The molecule has 0 unspecified atom stereocenters. The molecule has 0 fully saturated rings. The van der Waals surface area contributed by atoms with Gasteiger partial charge in [0.1, 0.15) is 0 Å². The van der Waals surface area contributed by atoms with E-state index < -0.39 is 11.6 Å². The maximum atomic E-state index is 13.0. The number of carbonyl (C=O) groups excluding carboxylic acids is 1. The van der Waals surface area contributed by atoms with Crippen LogP contribution in [0.25, 0.3) is 0 Å². The maximum Gasteiger partial charge on any atom is 0.239 e. The van der Waals surface area contributed by atoms with Crippen molar-refractivity contribution in [3.8, 4) is 0 Å². The highest BCUT2D eigenvalue weighted by Crippen LogP contribution is 2.08. The van der Waals surface area contributed by atoms with Crippen molar-refractivity contribution < 1.29 is 13.6 Å². The summed E-state index contributed by atoms with van der Waals surface area (Å²) in [5.41, 5.74) is 1.35. The van der Waals surface area contributed by atoms with E-state index in [0.717, 1.165) is 17.8 Å². The fraction of sp³-hybridized carbons (Fsp3) is 0.133. The van der Waals surface area contributed by atoms with Crippen molar-refractivity contribution in [2.75, 3.05) is 11.9 Å². The van der Waals surface area contributed by atoms with Crippen LogP contribution in [0, 0.1) is 11.6 Å². The quantitative estimate of drug-likeness (QED) is 0.881. The van der Waals surface area contributed by atoms with Crippen molar-refractivity contribution in [2.45, 2.75) is 6.54 Å². The van der Waals surface area contributed by atoms with Gasteiger partial charge in [0, 0.05) is 12.2 Å². The lowest BCUT2D eigenvalue weighted by atomic mass is 10.2. The van der Waals surface area contributed by atoms with Gasteiger partial charge in [-0.2, -0.15) is 0 Å². The van der Waals surface area contributed by atoms with Crippen molar-refractivity contribution in [3.05, 3.63) is 65.7 Å². The lowest BCUT2D eigenvalue weighted by molar-refractivity contribution is -0.119. The third-order valence-corrected chi connectivity index (χ3v) is 2.70. The zero-order valence-electron chi connectivity index (χ0n) is 10.7. The number of hydrogen-bond acceptors (Lipinski definition) is 2. The van der Waals surface area contributed by atoms with Crippen LogP contribution in [0.3, 0.4) is 0 Å². The van der Waals surface area contributed by atoms with Crippen LogP contribution < -0.4 is 10.6 Å². The number of amides is 1. The van der Waals surface area contributed by atoms with Gasteiger partial charge in [-0.3, -0.25) is 4.79 Å². The molecule has 2 rings (SSSR count). The normalized spacial score (nSPS) is 10.1. The Morgan fingerprint density at radius 3 is 2.45 bits per heavy atom. The zero-order chi connectivity index (χ0) is 14.4. The highest BCUT2D eigenvalue weighted by molar-refractivity contribution is 5.80. The van der Waals surface area contributed by atoms with Gasteiger partial charge in [0.15, 0.2) is 11.6 Å². The van der Waals surface area contributed by atoms with E-state index in [9.17, 15) is 13.6 Å². The Morgan fingerprint density at radius 1 is 1.00 bits per heavy atom. The van der Waals surface area contributed by atoms with Crippen molar-refractivity contribution >= 4 is 11.6 Å². The summed E-state index contributed by atoms with van der Waals surface area (Å²) in [5.74, 6) is -2.04. The van der Waals surface area contributed by atoms with Gasteiger partial charge < -0.3 is 10.6 Å². The molecule has 0 bridgehead atoms. The van der Waals surface area contributed by atoms with Crippen LogP contribution in [-0.2, 0) is 11.3 Å². The minimum absolute atomic E-state index is 0.119. The Balaban J connectivity index is 1.79. The second-order valence-electron chi connectivity index (χ2n) is 4.24. The molecule has 0 heterocycles. The fourth-order valence-corrected chi connectivity index (χ4v) is 1.65. The minimum Gasteiger partial charge on any atom is -0.376 e. The molecular formula is C15H14F2N2O. The summed E-state index contributed by atoms with van der Waals surface area (Å²) < 4.78 is 25.7. The fourth-order valence-electron chi connectivity index (χ4n) is 1.65. The standard InChI is InChI=1S/C15H14F2N2O/c16-13-7-6-11(8-14(13)17)9-19-15(20)10-18-12-4-2-1-3-5-12/h1-8,18H,9-10H2,(H,19,20). The first kappa shape index (κ1) is 14.0. The predicted octanol–water partition coefficient (Wildman–Crippen LogP) is 2.69. The smallest absolute Gasteiger partial charge is 0.239 e. The molecule has 0 spiro atoms. The molecule has 0 radical (unpaired) electrons. The highest BCUT2D eigenvalue weighted by Gasteiger charge is 2.04. The van der Waals surface area contributed by atoms with Gasteiger partial charge in [-0.05, 0) is 29.8 Å². The van der Waals surface area contributed by atoms with Gasteiger partial charge in [-0.1, -0.05) is 24.3 Å². The number of halogens is 2. The van der Waals surface area contributed by atoms with E-state index in [1.807, 2.05) is 30.3 Å². The monoisotopic (exact) mass is 276 g/mol. The average Bonchev–Trinajstić information content (AvgIpc) is 2.47. The van der Waals surface area contributed by atoms with Crippen LogP contribution in [0.5, 0.6) is 0 Å². The second kappa shape index (κ2) is 6.65. The molecule has 0 saturated carbocycles. The molecule has 0 aliphatic carbocycles. The van der Waals surface area contributed by atoms with Gasteiger partial charge in [-0.25, -0.2) is 8.78 Å². The molecule has 1 amide bonds.